The van der Waals surface area contributed by atoms with E-state index in [1.807, 2.05) is 6.20 Å². The van der Waals surface area contributed by atoms with Crippen LogP contribution < -0.4 is 10.2 Å². The quantitative estimate of drug-likeness (QED) is 0.625. The number of pyridine rings is 1. The van der Waals surface area contributed by atoms with Gasteiger partial charge in [-0.25, -0.2) is 4.98 Å². The van der Waals surface area contributed by atoms with E-state index < -0.39 is 0 Å². The van der Waals surface area contributed by atoms with E-state index in [0.717, 1.165) is 38.4 Å². The van der Waals surface area contributed by atoms with E-state index >= 15 is 0 Å². The second-order valence-corrected chi connectivity index (χ2v) is 4.67. The molecule has 0 radical (unpaired) electrons. The molecule has 0 amide bonds. The molecule has 1 N–H and O–H groups in total. The van der Waals surface area contributed by atoms with Crippen LogP contribution in [-0.4, -0.2) is 52.1 Å². The molecule has 20 heavy (non-hydrogen) atoms. The number of rotatable bonds is 11. The molecule has 0 saturated heterocycles. The van der Waals surface area contributed by atoms with Crippen LogP contribution in [-0.2, 0) is 16.0 Å². The summed E-state index contributed by atoms with van der Waals surface area (Å²) in [4.78, 5) is 6.65. The first-order valence-electron chi connectivity index (χ1n) is 7.20. The number of methoxy groups -OCH3 is 2. The van der Waals surface area contributed by atoms with Gasteiger partial charge < -0.3 is 19.7 Å². The van der Waals surface area contributed by atoms with Gasteiger partial charge in [0.05, 0.1) is 13.2 Å². The summed E-state index contributed by atoms with van der Waals surface area (Å²) in [5.74, 6) is 0.981. The van der Waals surface area contributed by atoms with Gasteiger partial charge in [-0.3, -0.25) is 0 Å². The lowest BCUT2D eigenvalue weighted by molar-refractivity contribution is 0.190. The Morgan fingerprint density at radius 1 is 1.20 bits per heavy atom. The molecular weight excluding hydrogens is 254 g/mol. The van der Waals surface area contributed by atoms with E-state index in [2.05, 4.69) is 34.3 Å². The number of anilines is 1. The molecule has 0 unspecified atom stereocenters. The Hall–Kier alpha value is -1.17. The van der Waals surface area contributed by atoms with Crippen LogP contribution in [0.2, 0.25) is 0 Å². The fourth-order valence-electron chi connectivity index (χ4n) is 1.90. The third-order valence-corrected chi connectivity index (χ3v) is 3.02. The van der Waals surface area contributed by atoms with Crippen molar-refractivity contribution >= 4 is 5.82 Å². The molecule has 0 aliphatic carbocycles. The molecule has 1 aromatic rings. The lowest BCUT2D eigenvalue weighted by Gasteiger charge is -2.23. The van der Waals surface area contributed by atoms with Crippen molar-refractivity contribution in [2.75, 3.05) is 52.0 Å². The molecule has 0 bridgehead atoms. The summed E-state index contributed by atoms with van der Waals surface area (Å²) in [6.45, 7) is 7.09. The van der Waals surface area contributed by atoms with Crippen LogP contribution in [0.1, 0.15) is 18.9 Å². The van der Waals surface area contributed by atoms with Gasteiger partial charge in [0.2, 0.25) is 0 Å². The monoisotopic (exact) mass is 281 g/mol. The Balaban J connectivity index is 2.65. The smallest absolute Gasteiger partial charge is 0.128 e. The van der Waals surface area contributed by atoms with Crippen LogP contribution in [0.4, 0.5) is 5.82 Å². The second-order valence-electron chi connectivity index (χ2n) is 4.67. The summed E-state index contributed by atoms with van der Waals surface area (Å²) in [5.41, 5.74) is 1.25. The zero-order valence-corrected chi connectivity index (χ0v) is 12.9. The average Bonchev–Trinajstić information content (AvgIpc) is 2.48. The van der Waals surface area contributed by atoms with E-state index in [-0.39, 0.29) is 0 Å². The molecule has 0 atom stereocenters. The van der Waals surface area contributed by atoms with E-state index in [1.54, 1.807) is 14.2 Å². The number of ether oxygens (including phenoxy) is 2. The van der Waals surface area contributed by atoms with Crippen LogP contribution in [0.5, 0.6) is 0 Å². The minimum atomic E-state index is 0.684. The molecular formula is C15H27N3O2. The van der Waals surface area contributed by atoms with E-state index in [0.29, 0.717) is 13.2 Å². The molecule has 0 aromatic carbocycles. The number of nitrogens with zero attached hydrogens (tertiary/aromatic N) is 2. The average molecular weight is 281 g/mol. The Morgan fingerprint density at radius 2 is 1.90 bits per heavy atom. The predicted octanol–water partition coefficient (Wildman–Crippen LogP) is 1.68. The molecule has 0 aliphatic rings. The zero-order valence-electron chi connectivity index (χ0n) is 12.9. The van der Waals surface area contributed by atoms with Crippen LogP contribution >= 0.6 is 0 Å². The highest BCUT2D eigenvalue weighted by Gasteiger charge is 2.08. The first kappa shape index (κ1) is 16.9. The van der Waals surface area contributed by atoms with Gasteiger partial charge >= 0.3 is 0 Å². The van der Waals surface area contributed by atoms with Crippen LogP contribution in [0.25, 0.3) is 0 Å². The molecule has 0 aliphatic heterocycles. The van der Waals surface area contributed by atoms with Crippen molar-refractivity contribution in [2.45, 2.75) is 19.9 Å². The Labute approximate surface area is 122 Å². The molecule has 114 valence electrons. The fourth-order valence-corrected chi connectivity index (χ4v) is 1.90. The SMILES string of the molecule is CCCNCc1ccnc(N(CCOC)CCOC)c1. The number of aromatic nitrogens is 1. The van der Waals surface area contributed by atoms with Crippen molar-refractivity contribution in [3.63, 3.8) is 0 Å². The standard InChI is InChI=1S/C15H27N3O2/c1-4-6-16-13-14-5-7-17-15(12-14)18(8-10-19-2)9-11-20-3/h5,7,12,16H,4,6,8-11,13H2,1-3H3. The third-order valence-electron chi connectivity index (χ3n) is 3.02. The maximum atomic E-state index is 5.16. The van der Waals surface area contributed by atoms with Crippen molar-refractivity contribution in [3.8, 4) is 0 Å². The molecule has 5 nitrogen and oxygen atoms in total. The lowest BCUT2D eigenvalue weighted by Crippen LogP contribution is -2.31. The van der Waals surface area contributed by atoms with Crippen molar-refractivity contribution in [2.24, 2.45) is 0 Å². The largest absolute Gasteiger partial charge is 0.383 e. The van der Waals surface area contributed by atoms with Crippen LogP contribution in [0.3, 0.4) is 0 Å². The number of nitrogens with one attached hydrogen (secondary N) is 1. The van der Waals surface area contributed by atoms with E-state index in [1.165, 1.54) is 5.56 Å². The van der Waals surface area contributed by atoms with E-state index in [4.69, 9.17) is 9.47 Å². The maximum absolute atomic E-state index is 5.16. The Bertz CT molecular complexity index is 353. The molecule has 1 aromatic heterocycles. The number of hydrogen-bond acceptors (Lipinski definition) is 5. The van der Waals surface area contributed by atoms with Gasteiger partial charge in [-0.1, -0.05) is 6.92 Å². The normalized spacial score (nSPS) is 10.8. The summed E-state index contributed by atoms with van der Waals surface area (Å²) in [6.07, 6.45) is 3.01. The summed E-state index contributed by atoms with van der Waals surface area (Å²) in [6, 6.07) is 4.19. The second kappa shape index (κ2) is 10.6. The van der Waals surface area contributed by atoms with Crippen molar-refractivity contribution in [3.05, 3.63) is 23.9 Å². The topological polar surface area (TPSA) is 46.6 Å². The Kier molecular flexibility index (Phi) is 8.95. The minimum Gasteiger partial charge on any atom is -0.383 e. The van der Waals surface area contributed by atoms with Crippen molar-refractivity contribution < 1.29 is 9.47 Å². The summed E-state index contributed by atoms with van der Waals surface area (Å²) >= 11 is 0. The van der Waals surface area contributed by atoms with Crippen molar-refractivity contribution in [1.82, 2.24) is 10.3 Å². The van der Waals surface area contributed by atoms with Gasteiger partial charge in [0.1, 0.15) is 5.82 Å². The minimum absolute atomic E-state index is 0.684. The maximum Gasteiger partial charge on any atom is 0.128 e. The van der Waals surface area contributed by atoms with Crippen LogP contribution in [0.15, 0.2) is 18.3 Å². The summed E-state index contributed by atoms with van der Waals surface area (Å²) in [5, 5.41) is 3.41. The van der Waals surface area contributed by atoms with Crippen molar-refractivity contribution in [1.29, 1.82) is 0 Å². The number of hydrogen-bond donors (Lipinski definition) is 1. The third kappa shape index (κ3) is 6.32. The first-order valence-corrected chi connectivity index (χ1v) is 7.20. The highest BCUT2D eigenvalue weighted by Crippen LogP contribution is 2.12. The molecule has 0 fully saturated rings. The molecule has 1 rings (SSSR count). The lowest BCUT2D eigenvalue weighted by atomic mass is 10.2. The van der Waals surface area contributed by atoms with Gasteiger partial charge in [-0.2, -0.15) is 0 Å². The van der Waals surface area contributed by atoms with Gasteiger partial charge in [-0.15, -0.1) is 0 Å². The zero-order chi connectivity index (χ0) is 14.6. The van der Waals surface area contributed by atoms with Gasteiger partial charge in [0, 0.05) is 40.1 Å². The van der Waals surface area contributed by atoms with E-state index in [9.17, 15) is 0 Å². The molecule has 0 saturated carbocycles. The molecule has 0 spiro atoms. The highest BCUT2D eigenvalue weighted by molar-refractivity contribution is 5.41. The van der Waals surface area contributed by atoms with Crippen LogP contribution in [0, 0.1) is 0 Å². The highest BCUT2D eigenvalue weighted by atomic mass is 16.5. The van der Waals surface area contributed by atoms with Gasteiger partial charge in [0.15, 0.2) is 0 Å². The fraction of sp³-hybridized carbons (Fsp3) is 0.667. The molecule has 1 heterocycles. The Morgan fingerprint density at radius 3 is 2.50 bits per heavy atom. The van der Waals surface area contributed by atoms with Gasteiger partial charge in [0.25, 0.3) is 0 Å². The first-order chi connectivity index (χ1) is 9.81. The summed E-state index contributed by atoms with van der Waals surface area (Å²) in [7, 11) is 3.43. The predicted molar refractivity (Wildman–Crippen MR) is 82.2 cm³/mol. The van der Waals surface area contributed by atoms with Gasteiger partial charge in [-0.05, 0) is 30.7 Å². The summed E-state index contributed by atoms with van der Waals surface area (Å²) < 4.78 is 10.3. The molecule has 5 heteroatoms.